The van der Waals surface area contributed by atoms with Crippen LogP contribution in [0.15, 0.2) is 85.0 Å². The van der Waals surface area contributed by atoms with E-state index in [1.54, 1.807) is 36.5 Å². The van der Waals surface area contributed by atoms with E-state index in [2.05, 4.69) is 30.6 Å². The number of amides is 5. The minimum atomic E-state index is -1.37. The van der Waals surface area contributed by atoms with E-state index in [1.807, 2.05) is 15.8 Å². The van der Waals surface area contributed by atoms with E-state index in [4.69, 9.17) is 10.5 Å². The van der Waals surface area contributed by atoms with Gasteiger partial charge in [0.2, 0.25) is 17.9 Å². The Kier molecular flexibility index (Phi) is 11.9. The minimum Gasteiger partial charge on any atom is -0.442 e. The number of benzene rings is 2. The lowest BCUT2D eigenvalue weighted by Crippen LogP contribution is -2.55. The third-order valence-electron chi connectivity index (χ3n) is 11.8. The van der Waals surface area contributed by atoms with Crippen LogP contribution in [-0.4, -0.2) is 109 Å². The molecule has 316 valence electrons. The predicted molar refractivity (Wildman–Crippen MR) is 217 cm³/mol. The van der Waals surface area contributed by atoms with Crippen LogP contribution in [-0.2, 0) is 28.7 Å². The molecule has 3 fully saturated rings. The van der Waals surface area contributed by atoms with Crippen molar-refractivity contribution in [3.05, 3.63) is 102 Å². The van der Waals surface area contributed by atoms with Gasteiger partial charge >= 0.3 is 5.97 Å². The second kappa shape index (κ2) is 17.8. The number of nitrogens with zero attached hydrogens (tertiary/aromatic N) is 7. The summed E-state index contributed by atoms with van der Waals surface area (Å²) in [6.07, 6.45) is 9.73. The Morgan fingerprint density at radius 3 is 2.39 bits per heavy atom. The summed E-state index contributed by atoms with van der Waals surface area (Å²) in [5.41, 5.74) is 7.88. The Morgan fingerprint density at radius 1 is 0.934 bits per heavy atom. The van der Waals surface area contributed by atoms with Crippen molar-refractivity contribution in [2.45, 2.75) is 63.1 Å². The Balaban J connectivity index is 0.816. The zero-order valence-corrected chi connectivity index (χ0v) is 33.2. The molecule has 0 radical (unpaired) electrons. The van der Waals surface area contributed by atoms with Crippen LogP contribution in [0.1, 0.15) is 73.1 Å². The number of nitrogens with one attached hydrogen (secondary N) is 2. The molecule has 17 nitrogen and oxygen atoms in total. The van der Waals surface area contributed by atoms with E-state index in [1.165, 1.54) is 36.5 Å². The summed E-state index contributed by atoms with van der Waals surface area (Å²) >= 11 is 0. The molecule has 0 spiro atoms. The molecule has 4 aliphatic rings. The van der Waals surface area contributed by atoms with Crippen LogP contribution in [0.25, 0.3) is 11.3 Å². The Morgan fingerprint density at radius 2 is 1.67 bits per heavy atom. The van der Waals surface area contributed by atoms with Gasteiger partial charge in [0, 0.05) is 61.7 Å². The van der Waals surface area contributed by atoms with Gasteiger partial charge in [0.1, 0.15) is 17.6 Å². The van der Waals surface area contributed by atoms with Gasteiger partial charge in [0.15, 0.2) is 11.5 Å². The molecular weight excluding hydrogens is 788 g/mol. The van der Waals surface area contributed by atoms with Gasteiger partial charge in [-0.1, -0.05) is 30.3 Å². The van der Waals surface area contributed by atoms with E-state index >= 15 is 0 Å². The number of piperidine rings is 3. The largest absolute Gasteiger partial charge is 0.442 e. The number of aromatic nitrogens is 4. The summed E-state index contributed by atoms with van der Waals surface area (Å²) in [7, 11) is 0. The van der Waals surface area contributed by atoms with Crippen molar-refractivity contribution in [1.29, 1.82) is 0 Å². The molecule has 6 heterocycles. The van der Waals surface area contributed by atoms with Gasteiger partial charge in [-0.3, -0.25) is 38.9 Å². The maximum Gasteiger partial charge on any atom is 0.361 e. The summed E-state index contributed by atoms with van der Waals surface area (Å²) in [5.74, 6) is -3.75. The molecule has 4 aromatic rings. The molecule has 8 rings (SSSR count). The Labute approximate surface area is 350 Å². The number of rotatable bonds is 12. The fourth-order valence-corrected chi connectivity index (χ4v) is 8.32. The third kappa shape index (κ3) is 9.18. The number of esters is 1. The van der Waals surface area contributed by atoms with E-state index in [-0.39, 0.29) is 30.4 Å². The number of hydrogen-bond acceptors (Lipinski definition) is 13. The molecule has 2 atom stereocenters. The van der Waals surface area contributed by atoms with Crippen LogP contribution in [0.4, 0.5) is 15.9 Å². The summed E-state index contributed by atoms with van der Waals surface area (Å²) in [6.45, 7) is 4.03. The molecule has 3 saturated heterocycles. The number of ether oxygens (including phenoxy) is 1. The summed E-state index contributed by atoms with van der Waals surface area (Å²) in [6, 6.07) is 12.9. The molecule has 0 bridgehead atoms. The zero-order valence-electron chi connectivity index (χ0n) is 33.2. The quantitative estimate of drug-likeness (QED) is 0.138. The fourth-order valence-electron chi connectivity index (χ4n) is 8.32. The first-order valence-corrected chi connectivity index (χ1v) is 20.4. The third-order valence-corrected chi connectivity index (χ3v) is 11.8. The maximum atomic E-state index is 13.5. The van der Waals surface area contributed by atoms with Crippen LogP contribution < -0.4 is 16.4 Å². The monoisotopic (exact) mass is 832 g/mol. The molecule has 2 aromatic carbocycles. The number of halogens is 1. The van der Waals surface area contributed by atoms with Gasteiger partial charge in [0.05, 0.1) is 24.1 Å². The molecule has 4 aliphatic heterocycles. The van der Waals surface area contributed by atoms with Crippen LogP contribution in [0.2, 0.25) is 0 Å². The highest BCUT2D eigenvalue weighted by Crippen LogP contribution is 2.31. The van der Waals surface area contributed by atoms with Crippen molar-refractivity contribution < 1.29 is 37.9 Å². The predicted octanol–water partition coefficient (Wildman–Crippen LogP) is 3.40. The fraction of sp³-hybridized carbons (Fsp3) is 0.372. The number of carbonyl (C=O) groups excluding carboxylic acids is 6. The van der Waals surface area contributed by atoms with Crippen molar-refractivity contribution in [2.75, 3.05) is 43.8 Å². The number of imide groups is 2. The van der Waals surface area contributed by atoms with E-state index in [9.17, 15) is 33.2 Å². The van der Waals surface area contributed by atoms with Gasteiger partial charge in [-0.05, 0) is 75.3 Å². The molecule has 0 saturated carbocycles. The highest BCUT2D eigenvalue weighted by Gasteiger charge is 2.44. The van der Waals surface area contributed by atoms with E-state index in [0.717, 1.165) is 56.6 Å². The van der Waals surface area contributed by atoms with Gasteiger partial charge in [-0.2, -0.15) is 5.10 Å². The first-order chi connectivity index (χ1) is 29.5. The molecule has 61 heavy (non-hydrogen) atoms. The second-order valence-corrected chi connectivity index (χ2v) is 15.7. The number of nitrogen functional groups attached to an aromatic ring is 1. The lowest BCUT2D eigenvalue weighted by molar-refractivity contribution is -0.150. The number of anilines is 2. The van der Waals surface area contributed by atoms with Crippen LogP contribution in [0.3, 0.4) is 0 Å². The van der Waals surface area contributed by atoms with Gasteiger partial charge < -0.3 is 25.6 Å². The number of carbonyl (C=O) groups is 6. The summed E-state index contributed by atoms with van der Waals surface area (Å²) in [5, 5.41) is 9.50. The summed E-state index contributed by atoms with van der Waals surface area (Å²) in [4.78, 5) is 90.8. The smallest absolute Gasteiger partial charge is 0.361 e. The highest BCUT2D eigenvalue weighted by atomic mass is 19.1. The summed E-state index contributed by atoms with van der Waals surface area (Å²) < 4.78 is 21.1. The van der Waals surface area contributed by atoms with E-state index < -0.39 is 53.5 Å². The average Bonchev–Trinajstić information content (AvgIpc) is 3.88. The van der Waals surface area contributed by atoms with Crippen molar-refractivity contribution in [3.8, 4) is 11.3 Å². The molecule has 5 amide bonds. The average molecular weight is 833 g/mol. The molecule has 1 unspecified atom stereocenters. The second-order valence-electron chi connectivity index (χ2n) is 15.7. The number of likely N-dealkylation sites (tertiary alicyclic amines) is 2. The maximum absolute atomic E-state index is 13.5. The molecule has 2 aromatic heterocycles. The van der Waals surface area contributed by atoms with Crippen LogP contribution in [0, 0.1) is 11.7 Å². The topological polar surface area (TPSA) is 215 Å². The van der Waals surface area contributed by atoms with Gasteiger partial charge in [0.25, 0.3) is 17.7 Å². The molecule has 0 aliphatic carbocycles. The molecule has 4 N–H and O–H groups in total. The molecular formula is C43H45FN10O7. The van der Waals surface area contributed by atoms with Crippen LogP contribution >= 0.6 is 0 Å². The first-order valence-electron chi connectivity index (χ1n) is 20.4. The lowest BCUT2D eigenvalue weighted by Gasteiger charge is -2.36. The standard InChI is InChI=1S/C43H45FN10O7/c44-29-6-8-30(9-7-29)48-41(58)38(27-4-2-1-3-5-27)61-43(60)37-39(45)46-24-32(49-37)28-23-47-53(25-28)31-15-18-51(19-16-31)17-12-26-13-20-52(21-14-26)34-22-36(56)54(42(34)59)33-10-11-35(55)50-40(33)57/h1-9,22-26,31,33,38H,10-21H2,(H2,45,46)(H,48,58)(H,50,55,57)/t33?,38-/m1/s1. The van der Waals surface area contributed by atoms with Gasteiger partial charge in [-0.15, -0.1) is 0 Å². The van der Waals surface area contributed by atoms with Crippen molar-refractivity contribution in [2.24, 2.45) is 5.92 Å². The Bertz CT molecular complexity index is 2360. The highest BCUT2D eigenvalue weighted by molar-refractivity contribution is 6.18. The van der Waals surface area contributed by atoms with Crippen molar-refractivity contribution in [1.82, 2.24) is 39.8 Å². The number of hydrogen-bond donors (Lipinski definition) is 3. The Hall–Kier alpha value is -6.82. The molecule has 18 heteroatoms. The van der Waals surface area contributed by atoms with Crippen molar-refractivity contribution in [3.63, 3.8) is 0 Å². The normalized spacial score (nSPS) is 19.8. The van der Waals surface area contributed by atoms with Gasteiger partial charge in [-0.25, -0.2) is 19.2 Å². The lowest BCUT2D eigenvalue weighted by atomic mass is 9.92. The van der Waals surface area contributed by atoms with Crippen molar-refractivity contribution >= 4 is 47.0 Å². The van der Waals surface area contributed by atoms with E-state index in [0.29, 0.717) is 47.2 Å². The SMILES string of the molecule is Nc1ncc(-c2cnn(C3CCN(CCC4CCN(C5=CC(=O)N(C6CCC(=O)NC6=O)C5=O)CC4)CC3)c2)nc1C(=O)O[C@@H](C(=O)Nc1ccc(F)cc1)c1ccccc1. The first kappa shape index (κ1) is 40.9. The zero-order chi connectivity index (χ0) is 42.6. The minimum absolute atomic E-state index is 0.0872. The van der Waals surface area contributed by atoms with Crippen LogP contribution in [0.5, 0.6) is 0 Å². The number of nitrogens with two attached hydrogens (primary N) is 1.